The Balaban J connectivity index is 2.53. The maximum atomic E-state index is 3.09. The van der Waals surface area contributed by atoms with Gasteiger partial charge in [0.2, 0.25) is 0 Å². The van der Waals surface area contributed by atoms with Crippen LogP contribution in [0.25, 0.3) is 0 Å². The molecule has 0 unspecified atom stereocenters. The highest BCUT2D eigenvalue weighted by Crippen LogP contribution is 1.79. The first-order valence-electron chi connectivity index (χ1n) is 3.37. The van der Waals surface area contributed by atoms with Crippen LogP contribution >= 0.6 is 0 Å². The van der Waals surface area contributed by atoms with Crippen LogP contribution in [0.3, 0.4) is 0 Å². The van der Waals surface area contributed by atoms with Crippen LogP contribution in [-0.4, -0.2) is 13.1 Å². The fourth-order valence-corrected chi connectivity index (χ4v) is 0.479. The summed E-state index contributed by atoms with van der Waals surface area (Å²) < 4.78 is 0. The summed E-state index contributed by atoms with van der Waals surface area (Å²) in [7, 11) is 0. The molecule has 0 amide bonds. The lowest BCUT2D eigenvalue weighted by Gasteiger charge is -2.00. The molecule has 0 fully saturated rings. The van der Waals surface area contributed by atoms with Crippen LogP contribution in [0.5, 0.6) is 0 Å². The number of hydrogen-bond acceptors (Lipinski definition) is 2. The minimum absolute atomic E-state index is 1.00. The average molecular weight is 116 g/mol. The van der Waals surface area contributed by atoms with E-state index in [1.807, 2.05) is 0 Å². The van der Waals surface area contributed by atoms with E-state index >= 15 is 0 Å². The highest BCUT2D eigenvalue weighted by atomic mass is 15.3. The maximum absolute atomic E-state index is 3.09. The lowest BCUT2D eigenvalue weighted by molar-refractivity contribution is 0.534. The topological polar surface area (TPSA) is 24.1 Å². The van der Waals surface area contributed by atoms with Gasteiger partial charge in [0.25, 0.3) is 0 Å². The predicted molar refractivity (Wildman–Crippen MR) is 36.6 cm³/mol. The third-order valence-corrected chi connectivity index (χ3v) is 0.957. The Morgan fingerprint density at radius 3 is 2.38 bits per heavy atom. The molecule has 2 nitrogen and oxygen atoms in total. The first-order chi connectivity index (χ1) is 3.91. The SMILES string of the molecule is CCCCNNCC. The van der Waals surface area contributed by atoms with Crippen molar-refractivity contribution in [2.45, 2.75) is 26.7 Å². The van der Waals surface area contributed by atoms with Crippen LogP contribution in [0.4, 0.5) is 0 Å². The smallest absolute Gasteiger partial charge is 0.00996 e. The van der Waals surface area contributed by atoms with Gasteiger partial charge in [-0.05, 0) is 6.42 Å². The van der Waals surface area contributed by atoms with Gasteiger partial charge in [0.15, 0.2) is 0 Å². The Hall–Kier alpha value is -0.0800. The molecule has 0 aromatic rings. The van der Waals surface area contributed by atoms with E-state index < -0.39 is 0 Å². The largest absolute Gasteiger partial charge is 0.258 e. The minimum Gasteiger partial charge on any atom is -0.258 e. The zero-order chi connectivity index (χ0) is 6.24. The Morgan fingerprint density at radius 2 is 1.88 bits per heavy atom. The number of unbranched alkanes of at least 4 members (excludes halogenated alkanes) is 1. The van der Waals surface area contributed by atoms with Gasteiger partial charge in [-0.1, -0.05) is 20.3 Å². The molecule has 0 aliphatic rings. The Morgan fingerprint density at radius 1 is 1.12 bits per heavy atom. The van der Waals surface area contributed by atoms with Gasteiger partial charge in [0.1, 0.15) is 0 Å². The fraction of sp³-hybridized carbons (Fsp3) is 1.00. The van der Waals surface area contributed by atoms with Gasteiger partial charge in [0, 0.05) is 13.1 Å². The summed E-state index contributed by atoms with van der Waals surface area (Å²) in [6, 6.07) is 0. The van der Waals surface area contributed by atoms with Crippen LogP contribution in [0.1, 0.15) is 26.7 Å². The number of hydrazine groups is 1. The molecule has 0 aromatic carbocycles. The molecule has 0 aromatic heterocycles. The van der Waals surface area contributed by atoms with Gasteiger partial charge in [0.05, 0.1) is 0 Å². The number of rotatable bonds is 5. The summed E-state index contributed by atoms with van der Waals surface area (Å²) in [5.74, 6) is 0. The molecular weight excluding hydrogens is 100 g/mol. The molecule has 0 saturated carbocycles. The predicted octanol–water partition coefficient (Wildman–Crippen LogP) is 0.901. The molecule has 0 atom stereocenters. The summed E-state index contributed by atoms with van der Waals surface area (Å²) >= 11 is 0. The summed E-state index contributed by atoms with van der Waals surface area (Å²) in [4.78, 5) is 0. The third kappa shape index (κ3) is 5.92. The summed E-state index contributed by atoms with van der Waals surface area (Å²) in [5, 5.41) is 0. The average Bonchev–Trinajstić information content (AvgIpc) is 1.81. The molecule has 0 spiro atoms. The first-order valence-corrected chi connectivity index (χ1v) is 3.37. The Kier molecular flexibility index (Phi) is 6.85. The van der Waals surface area contributed by atoms with Crippen molar-refractivity contribution < 1.29 is 0 Å². The molecule has 0 heterocycles. The van der Waals surface area contributed by atoms with Crippen molar-refractivity contribution >= 4 is 0 Å². The second-order valence-electron chi connectivity index (χ2n) is 1.81. The highest BCUT2D eigenvalue weighted by molar-refractivity contribution is 4.37. The monoisotopic (exact) mass is 116 g/mol. The molecule has 8 heavy (non-hydrogen) atoms. The minimum atomic E-state index is 1.00. The van der Waals surface area contributed by atoms with Crippen LogP contribution in [0.15, 0.2) is 0 Å². The molecule has 0 aliphatic carbocycles. The zero-order valence-electron chi connectivity index (χ0n) is 5.83. The molecule has 0 aliphatic heterocycles. The van der Waals surface area contributed by atoms with Gasteiger partial charge in [-0.3, -0.25) is 10.9 Å². The van der Waals surface area contributed by atoms with E-state index in [0.717, 1.165) is 13.1 Å². The summed E-state index contributed by atoms with van der Waals surface area (Å²) in [5.41, 5.74) is 6.12. The van der Waals surface area contributed by atoms with Crippen LogP contribution in [0, 0.1) is 0 Å². The molecule has 0 radical (unpaired) electrons. The lowest BCUT2D eigenvalue weighted by atomic mass is 10.3. The van der Waals surface area contributed by atoms with Crippen LogP contribution in [-0.2, 0) is 0 Å². The molecule has 0 bridgehead atoms. The Bertz CT molecular complexity index is 31.5. The van der Waals surface area contributed by atoms with Gasteiger partial charge in [-0.15, -0.1) is 0 Å². The van der Waals surface area contributed by atoms with Gasteiger partial charge in [-0.2, -0.15) is 0 Å². The molecule has 50 valence electrons. The van der Waals surface area contributed by atoms with Crippen molar-refractivity contribution in [3.8, 4) is 0 Å². The fourth-order valence-electron chi connectivity index (χ4n) is 0.479. The van der Waals surface area contributed by atoms with E-state index in [1.165, 1.54) is 12.8 Å². The lowest BCUT2D eigenvalue weighted by Crippen LogP contribution is -2.31. The van der Waals surface area contributed by atoms with E-state index in [-0.39, 0.29) is 0 Å². The first kappa shape index (κ1) is 7.92. The molecular formula is C6H16N2. The molecule has 2 heteroatoms. The van der Waals surface area contributed by atoms with Crippen LogP contribution < -0.4 is 10.9 Å². The normalized spacial score (nSPS) is 9.75. The van der Waals surface area contributed by atoms with Crippen molar-refractivity contribution in [2.75, 3.05) is 13.1 Å². The third-order valence-electron chi connectivity index (χ3n) is 0.957. The zero-order valence-corrected chi connectivity index (χ0v) is 5.83. The van der Waals surface area contributed by atoms with Gasteiger partial charge in [-0.25, -0.2) is 0 Å². The molecule has 2 N–H and O–H groups in total. The van der Waals surface area contributed by atoms with Crippen molar-refractivity contribution in [1.82, 2.24) is 10.9 Å². The second kappa shape index (κ2) is 6.92. The van der Waals surface area contributed by atoms with Gasteiger partial charge >= 0.3 is 0 Å². The van der Waals surface area contributed by atoms with E-state index in [4.69, 9.17) is 0 Å². The van der Waals surface area contributed by atoms with E-state index in [1.54, 1.807) is 0 Å². The summed E-state index contributed by atoms with van der Waals surface area (Å²) in [6.45, 7) is 6.36. The van der Waals surface area contributed by atoms with Crippen molar-refractivity contribution in [2.24, 2.45) is 0 Å². The standard InChI is InChI=1S/C6H16N2/c1-3-5-6-8-7-4-2/h7-8H,3-6H2,1-2H3. The van der Waals surface area contributed by atoms with E-state index in [9.17, 15) is 0 Å². The summed E-state index contributed by atoms with van der Waals surface area (Å²) in [6.07, 6.45) is 2.52. The number of hydrogen-bond donors (Lipinski definition) is 2. The molecule has 0 saturated heterocycles. The van der Waals surface area contributed by atoms with E-state index in [2.05, 4.69) is 24.7 Å². The van der Waals surface area contributed by atoms with Crippen molar-refractivity contribution in [1.29, 1.82) is 0 Å². The second-order valence-corrected chi connectivity index (χ2v) is 1.81. The van der Waals surface area contributed by atoms with Crippen molar-refractivity contribution in [3.05, 3.63) is 0 Å². The highest BCUT2D eigenvalue weighted by Gasteiger charge is 1.79. The Labute approximate surface area is 51.6 Å². The molecule has 0 rings (SSSR count). The van der Waals surface area contributed by atoms with Gasteiger partial charge < -0.3 is 0 Å². The van der Waals surface area contributed by atoms with Crippen molar-refractivity contribution in [3.63, 3.8) is 0 Å². The maximum Gasteiger partial charge on any atom is 0.00996 e. The van der Waals surface area contributed by atoms with Crippen LogP contribution in [0.2, 0.25) is 0 Å². The van der Waals surface area contributed by atoms with E-state index in [0.29, 0.717) is 0 Å². The quantitative estimate of drug-likeness (QED) is 0.412. The number of nitrogens with one attached hydrogen (secondary N) is 2.